The van der Waals surface area contributed by atoms with Crippen molar-refractivity contribution in [2.45, 2.75) is 31.7 Å². The normalized spacial score (nSPS) is 21.4. The summed E-state index contributed by atoms with van der Waals surface area (Å²) >= 11 is 1.28. The molecule has 3 aromatic carbocycles. The van der Waals surface area contributed by atoms with Crippen molar-refractivity contribution in [3.05, 3.63) is 81.6 Å². The maximum absolute atomic E-state index is 13.9. The molecule has 15 heteroatoms. The minimum absolute atomic E-state index is 0.0253. The molecule has 236 valence electrons. The summed E-state index contributed by atoms with van der Waals surface area (Å²) < 4.78 is 59.8. The number of anilines is 2. The Labute approximate surface area is 261 Å². The molecule has 3 heterocycles. The van der Waals surface area contributed by atoms with E-state index in [0.717, 1.165) is 6.07 Å². The zero-order chi connectivity index (χ0) is 32.5. The Balaban J connectivity index is 1.21. The van der Waals surface area contributed by atoms with E-state index >= 15 is 0 Å². The van der Waals surface area contributed by atoms with Gasteiger partial charge in [0.2, 0.25) is 5.91 Å². The number of aromatic nitrogens is 1. The molecule has 1 saturated carbocycles. The van der Waals surface area contributed by atoms with Crippen LogP contribution >= 0.6 is 11.3 Å². The van der Waals surface area contributed by atoms with Gasteiger partial charge in [0.05, 0.1) is 68.3 Å². The van der Waals surface area contributed by atoms with E-state index in [2.05, 4.69) is 26.1 Å². The molecule has 0 radical (unpaired) electrons. The summed E-state index contributed by atoms with van der Waals surface area (Å²) in [6, 6.07) is 9.80. The predicted octanol–water partition coefficient (Wildman–Crippen LogP) is 5.51. The van der Waals surface area contributed by atoms with E-state index in [9.17, 15) is 31.9 Å². The Hall–Kier alpha value is -5.05. The van der Waals surface area contributed by atoms with Gasteiger partial charge in [0.1, 0.15) is 11.6 Å². The van der Waals surface area contributed by atoms with Crippen LogP contribution in [0, 0.1) is 24.6 Å². The van der Waals surface area contributed by atoms with Crippen molar-refractivity contribution in [1.82, 2.24) is 10.3 Å². The highest BCUT2D eigenvalue weighted by molar-refractivity contribution is 7.18. The zero-order valence-electron chi connectivity index (χ0n) is 24.0. The average Bonchev–Trinajstić information content (AvgIpc) is 3.78. The fraction of sp³-hybridized carbons (Fsp3) is 0.258. The molecule has 3 amide bonds. The van der Waals surface area contributed by atoms with Crippen molar-refractivity contribution < 1.29 is 41.5 Å². The van der Waals surface area contributed by atoms with Crippen molar-refractivity contribution in [2.24, 2.45) is 17.0 Å². The molecule has 2 fully saturated rings. The van der Waals surface area contributed by atoms with E-state index in [1.807, 2.05) is 0 Å². The summed E-state index contributed by atoms with van der Waals surface area (Å²) in [5.74, 6) is -3.40. The lowest BCUT2D eigenvalue weighted by Gasteiger charge is -2.23. The Morgan fingerprint density at radius 3 is 2.61 bits per heavy atom. The molecule has 3 aliphatic rings. The molecule has 0 spiro atoms. The number of hydrogen-bond donors (Lipinski definition) is 3. The van der Waals surface area contributed by atoms with Crippen molar-refractivity contribution in [1.29, 1.82) is 0 Å². The first-order chi connectivity index (χ1) is 21.9. The molecule has 1 aromatic heterocycles. The molecule has 4 unspecified atom stereocenters. The van der Waals surface area contributed by atoms with Gasteiger partial charge in [-0.25, -0.2) is 9.37 Å². The first-order valence-electron chi connectivity index (χ1n) is 14.0. The number of piperidine rings is 1. The van der Waals surface area contributed by atoms with Crippen LogP contribution in [0.25, 0.3) is 10.2 Å². The minimum Gasteiger partial charge on any atom is -0.496 e. The molecule has 46 heavy (non-hydrogen) atoms. The summed E-state index contributed by atoms with van der Waals surface area (Å²) in [5, 5.41) is 12.9. The van der Waals surface area contributed by atoms with E-state index in [1.165, 1.54) is 30.6 Å². The van der Waals surface area contributed by atoms with Gasteiger partial charge in [-0.05, 0) is 61.9 Å². The molecule has 1 aliphatic carbocycles. The summed E-state index contributed by atoms with van der Waals surface area (Å²) in [7, 11) is 1.39. The number of aryl methyl sites for hydroxylation is 1. The molecule has 4 atom stereocenters. The average molecular weight is 654 g/mol. The number of oxime groups is 1. The Morgan fingerprint density at radius 2 is 1.85 bits per heavy atom. The van der Waals surface area contributed by atoms with Crippen molar-refractivity contribution in [3.8, 4) is 5.75 Å². The lowest BCUT2D eigenvalue weighted by atomic mass is 9.85. The van der Waals surface area contributed by atoms with E-state index in [-0.39, 0.29) is 58.1 Å². The van der Waals surface area contributed by atoms with Gasteiger partial charge in [-0.3, -0.25) is 14.4 Å². The number of carbonyl (C=O) groups excluding carboxylic acids is 3. The number of ether oxygens (including phenoxy) is 1. The topological polar surface area (TPSA) is 131 Å². The van der Waals surface area contributed by atoms with Crippen LogP contribution in [0.4, 0.5) is 28.9 Å². The number of nitrogens with one attached hydrogen (secondary N) is 3. The molecular weight excluding hydrogens is 630 g/mol. The van der Waals surface area contributed by atoms with Gasteiger partial charge in [0.15, 0.2) is 6.10 Å². The zero-order valence-corrected chi connectivity index (χ0v) is 24.8. The maximum Gasteiger partial charge on any atom is 0.419 e. The highest BCUT2D eigenvalue weighted by Crippen LogP contribution is 2.45. The van der Waals surface area contributed by atoms with Crippen molar-refractivity contribution in [3.63, 3.8) is 0 Å². The van der Waals surface area contributed by atoms with Crippen LogP contribution in [0.5, 0.6) is 5.75 Å². The number of methoxy groups -OCH3 is 1. The third-order valence-electron chi connectivity index (χ3n) is 8.34. The van der Waals surface area contributed by atoms with E-state index in [0.29, 0.717) is 45.1 Å². The van der Waals surface area contributed by atoms with Crippen LogP contribution in [-0.2, 0) is 15.8 Å². The van der Waals surface area contributed by atoms with E-state index < -0.39 is 29.4 Å². The second-order valence-electron chi connectivity index (χ2n) is 11.1. The second-order valence-corrected chi connectivity index (χ2v) is 12.4. The number of thiazole rings is 1. The minimum atomic E-state index is -4.97. The van der Waals surface area contributed by atoms with Gasteiger partial charge in [0, 0.05) is 11.3 Å². The van der Waals surface area contributed by atoms with Gasteiger partial charge in [-0.15, -0.1) is 11.3 Å². The number of hydrogen-bond acceptors (Lipinski definition) is 8. The third kappa shape index (κ3) is 5.00. The number of carbonyl (C=O) groups is 3. The van der Waals surface area contributed by atoms with Crippen molar-refractivity contribution in [2.75, 3.05) is 17.7 Å². The molecule has 7 rings (SSSR count). The van der Waals surface area contributed by atoms with E-state index in [4.69, 9.17) is 9.57 Å². The standard InChI is InChI=1S/C31H23F4N5O5S/c1-12-36-21-11-20(15(10-24(21)46-12)28(41)37-14-4-5-19(32)18(8-14)31(33,34)35)38-29(42)16-7-13(3-6-23(16)44-2)26-25-17-9-22(39-30(17)43)27(25)45-40-26/h3-8,10-11,17,22,25,27H,9H2,1-2H3,(H,37,41)(H,38,42)(H,39,43). The van der Waals surface area contributed by atoms with Crippen molar-refractivity contribution >= 4 is 56.4 Å². The Bertz CT molecular complexity index is 1990. The first kappa shape index (κ1) is 29.6. The van der Waals surface area contributed by atoms with Crippen LogP contribution in [0.15, 0.2) is 53.7 Å². The number of alkyl halides is 3. The van der Waals surface area contributed by atoms with Gasteiger partial charge in [0.25, 0.3) is 11.8 Å². The number of halogens is 4. The summed E-state index contributed by atoms with van der Waals surface area (Å²) in [6.07, 6.45) is -4.63. The van der Waals surface area contributed by atoms with Crippen LogP contribution < -0.4 is 20.7 Å². The Kier molecular flexibility index (Phi) is 6.95. The monoisotopic (exact) mass is 653 g/mol. The summed E-state index contributed by atoms with van der Waals surface area (Å²) in [6.45, 7) is 1.76. The van der Waals surface area contributed by atoms with Crippen LogP contribution in [0.3, 0.4) is 0 Å². The third-order valence-corrected chi connectivity index (χ3v) is 9.28. The van der Waals surface area contributed by atoms with Gasteiger partial charge < -0.3 is 25.5 Å². The molecular formula is C31H23F4N5O5S. The Morgan fingerprint density at radius 1 is 1.07 bits per heavy atom. The van der Waals surface area contributed by atoms with Crippen LogP contribution in [-0.4, -0.2) is 47.7 Å². The number of benzene rings is 3. The fourth-order valence-electron chi connectivity index (χ4n) is 6.28. The lowest BCUT2D eigenvalue weighted by molar-refractivity contribution is -0.140. The number of rotatable bonds is 6. The first-order valence-corrected chi connectivity index (χ1v) is 14.9. The predicted molar refractivity (Wildman–Crippen MR) is 160 cm³/mol. The van der Waals surface area contributed by atoms with Crippen LogP contribution in [0.1, 0.15) is 43.3 Å². The molecule has 10 nitrogen and oxygen atoms in total. The molecule has 4 aromatic rings. The molecule has 2 bridgehead atoms. The molecule has 2 aliphatic heterocycles. The largest absolute Gasteiger partial charge is 0.496 e. The lowest BCUT2D eigenvalue weighted by Crippen LogP contribution is -2.46. The number of nitrogens with zero attached hydrogens (tertiary/aromatic N) is 2. The number of amides is 3. The molecule has 1 saturated heterocycles. The second kappa shape index (κ2) is 10.8. The van der Waals surface area contributed by atoms with Crippen LogP contribution in [0.2, 0.25) is 0 Å². The summed E-state index contributed by atoms with van der Waals surface area (Å²) in [5.41, 5.74) is -0.200. The maximum atomic E-state index is 13.9. The van der Waals surface area contributed by atoms with Gasteiger partial charge in [-0.1, -0.05) is 5.16 Å². The molecule has 3 N–H and O–H groups in total. The van der Waals surface area contributed by atoms with Gasteiger partial charge in [-0.2, -0.15) is 13.2 Å². The highest BCUT2D eigenvalue weighted by atomic mass is 32.1. The SMILES string of the molecule is COc1ccc(C2=NOC3C4CC(C(=O)N4)C23)cc1C(=O)Nc1cc2nc(C)sc2cc1C(=O)Nc1ccc(F)c(C(F)(F)F)c1. The quantitative estimate of drug-likeness (QED) is 0.235. The number of fused-ring (bicyclic) bond motifs is 6. The fourth-order valence-corrected chi connectivity index (χ4v) is 7.12. The van der Waals surface area contributed by atoms with Gasteiger partial charge >= 0.3 is 6.18 Å². The summed E-state index contributed by atoms with van der Waals surface area (Å²) in [4.78, 5) is 49.7. The highest BCUT2D eigenvalue weighted by Gasteiger charge is 2.58. The van der Waals surface area contributed by atoms with E-state index in [1.54, 1.807) is 25.1 Å². The smallest absolute Gasteiger partial charge is 0.419 e.